The molecule has 1 amide bonds. The number of carbonyl (C=O) groups is 1. The van der Waals surface area contributed by atoms with Crippen LogP contribution in [0, 0.1) is 0 Å². The van der Waals surface area contributed by atoms with Crippen LogP contribution in [0.1, 0.15) is 22.7 Å². The van der Waals surface area contributed by atoms with Crippen LogP contribution in [-0.4, -0.2) is 28.2 Å². The van der Waals surface area contributed by atoms with Gasteiger partial charge in [0.05, 0.1) is 11.2 Å². The molecule has 1 heterocycles. The third kappa shape index (κ3) is 4.01. The topological polar surface area (TPSA) is 51.2 Å². The Bertz CT molecular complexity index is 884. The quantitative estimate of drug-likeness (QED) is 0.390. The van der Waals surface area contributed by atoms with Gasteiger partial charge in [0, 0.05) is 28.2 Å². The summed E-state index contributed by atoms with van der Waals surface area (Å²) in [7, 11) is 0. The van der Waals surface area contributed by atoms with Crippen LogP contribution in [0.3, 0.4) is 0 Å². The average molecular weight is 490 g/mol. The molecule has 1 aliphatic carbocycles. The number of nitrogens with zero attached hydrogens (tertiary/aromatic N) is 1. The van der Waals surface area contributed by atoms with E-state index in [-0.39, 0.29) is 18.1 Å². The van der Waals surface area contributed by atoms with E-state index in [0.717, 1.165) is 16.5 Å². The molecule has 2 aromatic carbocycles. The molecule has 3 aromatic rings. The predicted molar refractivity (Wildman–Crippen MR) is 117 cm³/mol. The smallest absolute Gasteiger partial charge is 0.407 e. The molecule has 0 saturated heterocycles. The van der Waals surface area contributed by atoms with E-state index in [1.165, 1.54) is 22.3 Å². The molecule has 0 spiro atoms. The number of halogens is 1. The number of ether oxygens (including phenoxy) is 1. The maximum atomic E-state index is 12.4. The summed E-state index contributed by atoms with van der Waals surface area (Å²) in [5.41, 5.74) is 7.72. The summed E-state index contributed by atoms with van der Waals surface area (Å²) >= 11 is 3.85. The molecule has 1 aliphatic rings. The lowest BCUT2D eigenvalue weighted by Gasteiger charge is -2.18. The van der Waals surface area contributed by atoms with Gasteiger partial charge in [-0.15, -0.1) is 11.3 Å². The molecular weight excluding hydrogens is 471 g/mol. The van der Waals surface area contributed by atoms with E-state index in [1.807, 2.05) is 23.0 Å². The van der Waals surface area contributed by atoms with Crippen LogP contribution in [0.4, 0.5) is 4.79 Å². The van der Waals surface area contributed by atoms with Crippen molar-refractivity contribution in [2.24, 2.45) is 0 Å². The number of aromatic nitrogens is 1. The zero-order chi connectivity index (χ0) is 18.6. The number of amides is 1. The van der Waals surface area contributed by atoms with Gasteiger partial charge in [-0.3, -0.25) is 0 Å². The van der Waals surface area contributed by atoms with Crippen molar-refractivity contribution in [1.82, 2.24) is 10.3 Å². The van der Waals surface area contributed by atoms with Crippen molar-refractivity contribution in [3.05, 3.63) is 76.2 Å². The van der Waals surface area contributed by atoms with Gasteiger partial charge in [0.15, 0.2) is 0 Å². The molecule has 1 N–H and O–H groups in total. The molecule has 0 fully saturated rings. The van der Waals surface area contributed by atoms with Crippen LogP contribution >= 0.6 is 33.9 Å². The molecule has 0 saturated carbocycles. The van der Waals surface area contributed by atoms with E-state index >= 15 is 0 Å². The fourth-order valence-electron chi connectivity index (χ4n) is 3.54. The largest absolute Gasteiger partial charge is 0.449 e. The Hall–Kier alpha value is -1.93. The first-order valence-electron chi connectivity index (χ1n) is 8.81. The first-order valence-corrected chi connectivity index (χ1v) is 11.3. The predicted octanol–water partition coefficient (Wildman–Crippen LogP) is 5.03. The lowest BCUT2D eigenvalue weighted by Crippen LogP contribution is -2.38. The number of alkyl carbamates (subject to hydrolysis) is 1. The Kier molecular flexibility index (Phi) is 5.73. The van der Waals surface area contributed by atoms with Crippen molar-refractivity contribution >= 4 is 40.0 Å². The molecule has 0 unspecified atom stereocenters. The third-order valence-corrected chi connectivity index (χ3v) is 6.49. The summed E-state index contributed by atoms with van der Waals surface area (Å²) in [4.78, 5) is 16.7. The second kappa shape index (κ2) is 8.39. The highest BCUT2D eigenvalue weighted by atomic mass is 127. The van der Waals surface area contributed by atoms with Gasteiger partial charge in [0.1, 0.15) is 6.61 Å². The number of hydrogen-bond acceptors (Lipinski definition) is 4. The van der Waals surface area contributed by atoms with Gasteiger partial charge in [0.25, 0.3) is 0 Å². The summed E-state index contributed by atoms with van der Waals surface area (Å²) in [6, 6.07) is 16.7. The van der Waals surface area contributed by atoms with E-state index in [4.69, 9.17) is 4.74 Å². The van der Waals surface area contributed by atoms with Crippen LogP contribution < -0.4 is 5.32 Å². The molecule has 1 atom stereocenters. The number of fused-ring (bicyclic) bond motifs is 3. The van der Waals surface area contributed by atoms with E-state index < -0.39 is 0 Å². The van der Waals surface area contributed by atoms with Gasteiger partial charge in [0.2, 0.25) is 0 Å². The average Bonchev–Trinajstić information content (AvgIpc) is 3.32. The fraction of sp³-hybridized carbons (Fsp3) is 0.238. The van der Waals surface area contributed by atoms with Crippen LogP contribution in [0.5, 0.6) is 0 Å². The minimum atomic E-state index is -0.367. The highest BCUT2D eigenvalue weighted by molar-refractivity contribution is 14.1. The first kappa shape index (κ1) is 18.4. The maximum absolute atomic E-state index is 12.4. The highest BCUT2D eigenvalue weighted by Gasteiger charge is 2.29. The zero-order valence-electron chi connectivity index (χ0n) is 14.6. The Morgan fingerprint density at radius 2 is 1.81 bits per heavy atom. The molecule has 0 bridgehead atoms. The Morgan fingerprint density at radius 1 is 1.15 bits per heavy atom. The van der Waals surface area contributed by atoms with Crippen molar-refractivity contribution in [1.29, 1.82) is 0 Å². The second-order valence-electron chi connectivity index (χ2n) is 6.51. The number of carbonyl (C=O) groups excluding carboxylic acids is 1. The number of thiazole rings is 1. The van der Waals surface area contributed by atoms with Gasteiger partial charge in [-0.25, -0.2) is 9.78 Å². The zero-order valence-corrected chi connectivity index (χ0v) is 17.6. The summed E-state index contributed by atoms with van der Waals surface area (Å²) in [6.45, 7) is 0.338. The number of alkyl halides is 1. The molecule has 4 nitrogen and oxygen atoms in total. The van der Waals surface area contributed by atoms with Crippen LogP contribution in [-0.2, 0) is 11.2 Å². The monoisotopic (exact) mass is 490 g/mol. The Balaban J connectivity index is 1.42. The molecular formula is C21H19IN2O2S. The van der Waals surface area contributed by atoms with Gasteiger partial charge in [-0.05, 0) is 22.3 Å². The van der Waals surface area contributed by atoms with Gasteiger partial charge >= 0.3 is 6.09 Å². The van der Waals surface area contributed by atoms with Gasteiger partial charge in [-0.2, -0.15) is 0 Å². The van der Waals surface area contributed by atoms with Gasteiger partial charge in [-0.1, -0.05) is 71.1 Å². The van der Waals surface area contributed by atoms with Crippen molar-refractivity contribution < 1.29 is 9.53 Å². The van der Waals surface area contributed by atoms with Crippen molar-refractivity contribution in [3.8, 4) is 11.1 Å². The highest BCUT2D eigenvalue weighted by Crippen LogP contribution is 2.44. The lowest BCUT2D eigenvalue weighted by molar-refractivity contribution is 0.140. The third-order valence-electron chi connectivity index (χ3n) is 4.79. The Morgan fingerprint density at radius 3 is 2.41 bits per heavy atom. The van der Waals surface area contributed by atoms with Crippen molar-refractivity contribution in [3.63, 3.8) is 0 Å². The van der Waals surface area contributed by atoms with E-state index in [0.29, 0.717) is 6.61 Å². The van der Waals surface area contributed by atoms with Crippen molar-refractivity contribution in [2.45, 2.75) is 18.4 Å². The number of rotatable bonds is 6. The molecule has 0 aliphatic heterocycles. The fourth-order valence-corrected chi connectivity index (χ4v) is 4.64. The van der Waals surface area contributed by atoms with E-state index in [9.17, 15) is 4.79 Å². The molecule has 27 heavy (non-hydrogen) atoms. The SMILES string of the molecule is O=C(N[C@H](CI)Cc1cscn1)OCC1c2ccccc2-c2ccccc21. The standard InChI is InChI=1S/C21H19IN2O2S/c22-10-14(9-15-12-27-13-23-15)24-21(25)26-11-20-18-7-3-1-5-16(18)17-6-2-4-8-19(17)20/h1-8,12-14,20H,9-11H2,(H,24,25)/t14-/m0/s1. The molecule has 138 valence electrons. The maximum Gasteiger partial charge on any atom is 0.407 e. The summed E-state index contributed by atoms with van der Waals surface area (Å²) < 4.78 is 6.43. The van der Waals surface area contributed by atoms with E-state index in [2.05, 4.69) is 69.3 Å². The molecule has 6 heteroatoms. The van der Waals surface area contributed by atoms with Crippen LogP contribution in [0.15, 0.2) is 59.4 Å². The summed E-state index contributed by atoms with van der Waals surface area (Å²) in [5, 5.41) is 4.99. The summed E-state index contributed by atoms with van der Waals surface area (Å²) in [6.07, 6.45) is 0.352. The van der Waals surface area contributed by atoms with E-state index in [1.54, 1.807) is 11.3 Å². The number of nitrogens with one attached hydrogen (secondary N) is 1. The minimum absolute atomic E-state index is 0.0170. The number of benzene rings is 2. The minimum Gasteiger partial charge on any atom is -0.449 e. The normalized spacial score (nSPS) is 13.7. The lowest BCUT2D eigenvalue weighted by atomic mass is 9.98. The van der Waals surface area contributed by atoms with Crippen LogP contribution in [0.2, 0.25) is 0 Å². The van der Waals surface area contributed by atoms with Crippen LogP contribution in [0.25, 0.3) is 11.1 Å². The summed E-state index contributed by atoms with van der Waals surface area (Å²) in [5.74, 6) is 0.0831. The molecule has 4 rings (SSSR count). The molecule has 0 radical (unpaired) electrons. The first-order chi connectivity index (χ1) is 13.3. The van der Waals surface area contributed by atoms with Gasteiger partial charge < -0.3 is 10.1 Å². The molecule has 1 aromatic heterocycles. The Labute approximate surface area is 176 Å². The van der Waals surface area contributed by atoms with Crippen molar-refractivity contribution in [2.75, 3.05) is 11.0 Å². The number of hydrogen-bond donors (Lipinski definition) is 1. The second-order valence-corrected chi connectivity index (χ2v) is 8.10.